The highest BCUT2D eigenvalue weighted by Gasteiger charge is 2.43. The topological polar surface area (TPSA) is 90.2 Å². The molecule has 0 spiro atoms. The molecule has 0 aromatic carbocycles. The summed E-state index contributed by atoms with van der Waals surface area (Å²) in [5.41, 5.74) is 0. The third-order valence-corrected chi connectivity index (χ3v) is 1.82. The fourth-order valence-corrected chi connectivity index (χ4v) is 1.06. The van der Waals surface area contributed by atoms with Crippen molar-refractivity contribution >= 4 is 0 Å². The smallest absolute Gasteiger partial charge is 0.189 e. The van der Waals surface area contributed by atoms with E-state index in [4.69, 9.17) is 20.4 Å². The predicted octanol–water partition coefficient (Wildman–Crippen LogP) is -2.24. The number of aliphatic hydroxyl groups excluding tert-OH is 4. The average molecular weight is 182 g/mol. The van der Waals surface area contributed by atoms with Crippen molar-refractivity contribution in [2.75, 3.05) is 6.61 Å². The molecule has 1 fully saturated rings. The van der Waals surface area contributed by atoms with Crippen LogP contribution in [0.2, 0.25) is 0 Å². The molecule has 1 aliphatic rings. The molecule has 0 aliphatic carbocycles. The lowest BCUT2D eigenvalue weighted by Gasteiger charge is -2.36. The minimum Gasteiger partial charge on any atom is -0.394 e. The van der Waals surface area contributed by atoms with Crippen LogP contribution in [0.1, 0.15) is 0 Å². The first-order valence-electron chi connectivity index (χ1n) is 3.52. The second-order valence-corrected chi connectivity index (χ2v) is 2.67. The van der Waals surface area contributed by atoms with Gasteiger partial charge in [0.15, 0.2) is 12.5 Å². The minimum atomic E-state index is -2.04. The van der Waals surface area contributed by atoms with Crippen LogP contribution in [0.15, 0.2) is 0 Å². The molecule has 72 valence electrons. The van der Waals surface area contributed by atoms with Gasteiger partial charge in [-0.15, -0.1) is 0 Å². The third-order valence-electron chi connectivity index (χ3n) is 1.82. The van der Waals surface area contributed by atoms with E-state index in [0.717, 1.165) is 0 Å². The molecule has 0 amide bonds. The molecule has 4 N–H and O–H groups in total. The van der Waals surface area contributed by atoms with Gasteiger partial charge in [0.2, 0.25) is 0 Å². The maximum absolute atomic E-state index is 12.7. The Morgan fingerprint density at radius 1 is 1.17 bits per heavy atom. The second kappa shape index (κ2) is 3.63. The number of rotatable bonds is 1. The summed E-state index contributed by atoms with van der Waals surface area (Å²) in [6.45, 7) is -0.581. The maximum atomic E-state index is 12.7. The van der Waals surface area contributed by atoms with Crippen molar-refractivity contribution in [2.45, 2.75) is 30.8 Å². The molecular formula is C6H11FO5. The Hall–Kier alpha value is -0.270. The summed E-state index contributed by atoms with van der Waals surface area (Å²) < 4.78 is 17.1. The zero-order chi connectivity index (χ0) is 9.30. The van der Waals surface area contributed by atoms with Crippen molar-refractivity contribution in [1.82, 2.24) is 0 Å². The standard InChI is InChI=1S/C6H11FO5/c7-3-5(10)4(9)2(1-8)12-6(3)11/h2-6,8-11H,1H2/t2?,3?,4?,5-,6-/m1/s1. The van der Waals surface area contributed by atoms with Crippen LogP contribution in [0.3, 0.4) is 0 Å². The van der Waals surface area contributed by atoms with Gasteiger partial charge < -0.3 is 25.2 Å². The van der Waals surface area contributed by atoms with E-state index in [1.807, 2.05) is 0 Å². The molecule has 12 heavy (non-hydrogen) atoms. The first kappa shape index (κ1) is 9.82. The fraction of sp³-hybridized carbons (Fsp3) is 1.00. The minimum absolute atomic E-state index is 0.581. The summed E-state index contributed by atoms with van der Waals surface area (Å²) in [5, 5.41) is 35.3. The summed E-state index contributed by atoms with van der Waals surface area (Å²) in [4.78, 5) is 0. The summed E-state index contributed by atoms with van der Waals surface area (Å²) in [6.07, 6.45) is -8.19. The van der Waals surface area contributed by atoms with E-state index in [1.165, 1.54) is 0 Å². The highest BCUT2D eigenvalue weighted by atomic mass is 19.1. The van der Waals surface area contributed by atoms with Crippen LogP contribution < -0.4 is 0 Å². The van der Waals surface area contributed by atoms with Crippen molar-refractivity contribution in [3.63, 3.8) is 0 Å². The van der Waals surface area contributed by atoms with Gasteiger partial charge in [0.05, 0.1) is 6.61 Å². The van der Waals surface area contributed by atoms with Crippen LogP contribution in [-0.2, 0) is 4.74 Å². The van der Waals surface area contributed by atoms with E-state index in [2.05, 4.69) is 4.74 Å². The Morgan fingerprint density at radius 2 is 1.75 bits per heavy atom. The van der Waals surface area contributed by atoms with Gasteiger partial charge in [-0.1, -0.05) is 0 Å². The predicted molar refractivity (Wildman–Crippen MR) is 34.9 cm³/mol. The number of aliphatic hydroxyl groups is 4. The van der Waals surface area contributed by atoms with Gasteiger partial charge in [0.25, 0.3) is 0 Å². The first-order chi connectivity index (χ1) is 5.57. The Labute approximate surface area is 68.0 Å². The molecule has 0 bridgehead atoms. The van der Waals surface area contributed by atoms with Gasteiger partial charge in [-0.3, -0.25) is 0 Å². The van der Waals surface area contributed by atoms with E-state index in [-0.39, 0.29) is 0 Å². The molecule has 0 aromatic heterocycles. The van der Waals surface area contributed by atoms with Gasteiger partial charge in [-0.2, -0.15) is 0 Å². The summed E-state index contributed by atoms with van der Waals surface area (Å²) in [5.74, 6) is 0. The van der Waals surface area contributed by atoms with Gasteiger partial charge in [-0.05, 0) is 0 Å². The van der Waals surface area contributed by atoms with E-state index in [1.54, 1.807) is 0 Å². The van der Waals surface area contributed by atoms with Crippen molar-refractivity contribution < 1.29 is 29.6 Å². The SMILES string of the molecule is OCC1O[C@@H](O)C(F)[C@@H](O)C1O. The lowest BCUT2D eigenvalue weighted by Crippen LogP contribution is -2.56. The molecule has 1 saturated heterocycles. The van der Waals surface area contributed by atoms with Gasteiger partial charge in [-0.25, -0.2) is 4.39 Å². The Bertz CT molecular complexity index is 150. The van der Waals surface area contributed by atoms with Crippen LogP contribution in [0.4, 0.5) is 4.39 Å². The quantitative estimate of drug-likeness (QED) is 0.368. The van der Waals surface area contributed by atoms with Gasteiger partial charge >= 0.3 is 0 Å². The molecule has 1 heterocycles. The molecular weight excluding hydrogens is 171 g/mol. The lowest BCUT2D eigenvalue weighted by atomic mass is 10.0. The zero-order valence-electron chi connectivity index (χ0n) is 6.17. The Kier molecular flexibility index (Phi) is 2.97. The fourth-order valence-electron chi connectivity index (χ4n) is 1.06. The number of ether oxygens (including phenoxy) is 1. The van der Waals surface area contributed by atoms with Crippen molar-refractivity contribution in [3.05, 3.63) is 0 Å². The second-order valence-electron chi connectivity index (χ2n) is 2.67. The van der Waals surface area contributed by atoms with Crippen LogP contribution >= 0.6 is 0 Å². The van der Waals surface area contributed by atoms with E-state index in [9.17, 15) is 4.39 Å². The van der Waals surface area contributed by atoms with Crippen molar-refractivity contribution in [1.29, 1.82) is 0 Å². The molecule has 6 heteroatoms. The monoisotopic (exact) mass is 182 g/mol. The van der Waals surface area contributed by atoms with E-state index in [0.29, 0.717) is 0 Å². The van der Waals surface area contributed by atoms with Gasteiger partial charge in [0.1, 0.15) is 18.3 Å². The van der Waals surface area contributed by atoms with E-state index >= 15 is 0 Å². The molecule has 0 saturated carbocycles. The summed E-state index contributed by atoms with van der Waals surface area (Å²) in [6, 6.07) is 0. The molecule has 5 nitrogen and oxygen atoms in total. The first-order valence-corrected chi connectivity index (χ1v) is 3.52. The van der Waals surface area contributed by atoms with Crippen LogP contribution in [0.25, 0.3) is 0 Å². The maximum Gasteiger partial charge on any atom is 0.189 e. The number of hydrogen-bond acceptors (Lipinski definition) is 5. The zero-order valence-corrected chi connectivity index (χ0v) is 6.17. The third kappa shape index (κ3) is 1.57. The molecule has 3 unspecified atom stereocenters. The van der Waals surface area contributed by atoms with Crippen LogP contribution in [-0.4, -0.2) is 57.8 Å². The number of alkyl halides is 1. The van der Waals surface area contributed by atoms with Crippen molar-refractivity contribution in [3.8, 4) is 0 Å². The normalized spacial score (nSPS) is 49.2. The Morgan fingerprint density at radius 3 is 2.25 bits per heavy atom. The van der Waals surface area contributed by atoms with Crippen molar-refractivity contribution in [2.24, 2.45) is 0 Å². The molecule has 0 aromatic rings. The largest absolute Gasteiger partial charge is 0.394 e. The summed E-state index contributed by atoms with van der Waals surface area (Å²) in [7, 11) is 0. The Balaban J connectivity index is 2.63. The molecule has 5 atom stereocenters. The highest BCUT2D eigenvalue weighted by molar-refractivity contribution is 4.88. The lowest BCUT2D eigenvalue weighted by molar-refractivity contribution is -0.271. The molecule has 0 radical (unpaired) electrons. The van der Waals surface area contributed by atoms with Gasteiger partial charge in [0, 0.05) is 0 Å². The highest BCUT2D eigenvalue weighted by Crippen LogP contribution is 2.21. The number of halogens is 1. The average Bonchev–Trinajstić information content (AvgIpc) is 2.08. The van der Waals surface area contributed by atoms with Crippen LogP contribution in [0, 0.1) is 0 Å². The summed E-state index contributed by atoms with van der Waals surface area (Å²) >= 11 is 0. The molecule has 1 aliphatic heterocycles. The van der Waals surface area contributed by atoms with Crippen LogP contribution in [0.5, 0.6) is 0 Å². The van der Waals surface area contributed by atoms with E-state index < -0.39 is 37.4 Å². The number of hydrogen-bond donors (Lipinski definition) is 4. The molecule has 1 rings (SSSR count).